The highest BCUT2D eigenvalue weighted by Gasteiger charge is 2.34. The van der Waals surface area contributed by atoms with E-state index in [0.717, 1.165) is 56.0 Å². The van der Waals surface area contributed by atoms with Crippen LogP contribution < -0.4 is 0 Å². The Morgan fingerprint density at radius 1 is 0.853 bits per heavy atom. The zero-order chi connectivity index (χ0) is 24.1. The molecule has 0 bridgehead atoms. The van der Waals surface area contributed by atoms with E-state index < -0.39 is 17.7 Å². The summed E-state index contributed by atoms with van der Waals surface area (Å²) in [6.45, 7) is 0. The number of aromatic nitrogens is 2. The summed E-state index contributed by atoms with van der Waals surface area (Å²) in [5, 5.41) is 10.7. The molecule has 0 spiro atoms. The van der Waals surface area contributed by atoms with Crippen molar-refractivity contribution in [2.75, 3.05) is 14.2 Å². The summed E-state index contributed by atoms with van der Waals surface area (Å²) >= 11 is 0. The van der Waals surface area contributed by atoms with Gasteiger partial charge in [-0.1, -0.05) is 79.9 Å². The van der Waals surface area contributed by atoms with E-state index >= 15 is 0 Å². The molecule has 0 amide bonds. The Bertz CT molecular complexity index is 1190. The zero-order valence-corrected chi connectivity index (χ0v) is 19.4. The van der Waals surface area contributed by atoms with Crippen molar-refractivity contribution in [3.8, 4) is 22.5 Å². The average molecular weight is 461 g/mol. The van der Waals surface area contributed by atoms with Crippen molar-refractivity contribution in [2.24, 2.45) is 0 Å². The molecular weight excluding hydrogens is 432 g/mol. The third-order valence-corrected chi connectivity index (χ3v) is 6.17. The fourth-order valence-electron chi connectivity index (χ4n) is 4.57. The van der Waals surface area contributed by atoms with E-state index in [1.165, 1.54) is 7.11 Å². The molecular formula is C27H28N2O5. The van der Waals surface area contributed by atoms with E-state index in [2.05, 4.69) is 0 Å². The summed E-state index contributed by atoms with van der Waals surface area (Å²) < 4.78 is 11.7. The lowest BCUT2D eigenvalue weighted by molar-refractivity contribution is -0.140. The Kier molecular flexibility index (Phi) is 7.11. The lowest BCUT2D eigenvalue weighted by Crippen LogP contribution is -2.21. The van der Waals surface area contributed by atoms with E-state index in [1.807, 2.05) is 65.2 Å². The minimum Gasteiger partial charge on any atom is -0.501 e. The smallest absolute Gasteiger partial charge is 0.374 e. The number of nitrogens with zero attached hydrogens (tertiary/aromatic N) is 2. The summed E-state index contributed by atoms with van der Waals surface area (Å²) in [5.41, 5.74) is 2.96. The number of carbonyl (C=O) groups is 2. The highest BCUT2D eigenvalue weighted by molar-refractivity contribution is 6.21. The van der Waals surface area contributed by atoms with Gasteiger partial charge in [-0.05, 0) is 12.8 Å². The van der Waals surface area contributed by atoms with Gasteiger partial charge in [0.05, 0.1) is 25.6 Å². The first kappa shape index (κ1) is 23.3. The van der Waals surface area contributed by atoms with Crippen LogP contribution in [0.4, 0.5) is 0 Å². The summed E-state index contributed by atoms with van der Waals surface area (Å²) in [5.74, 6) is -2.51. The van der Waals surface area contributed by atoms with Crippen molar-refractivity contribution in [1.29, 1.82) is 0 Å². The Morgan fingerprint density at radius 3 is 1.97 bits per heavy atom. The molecule has 1 heterocycles. The van der Waals surface area contributed by atoms with Crippen LogP contribution in [-0.4, -0.2) is 40.8 Å². The van der Waals surface area contributed by atoms with Crippen LogP contribution in [0.15, 0.2) is 66.4 Å². The van der Waals surface area contributed by atoms with Gasteiger partial charge in [0.15, 0.2) is 11.4 Å². The number of hydrogen-bond acceptors (Lipinski definition) is 6. The predicted octanol–water partition coefficient (Wildman–Crippen LogP) is 5.34. The number of imidazole rings is 1. The average Bonchev–Trinajstić information content (AvgIpc) is 3.29. The molecule has 0 atom stereocenters. The first-order valence-corrected chi connectivity index (χ1v) is 11.4. The van der Waals surface area contributed by atoms with Gasteiger partial charge < -0.3 is 19.1 Å². The molecule has 1 fully saturated rings. The molecule has 34 heavy (non-hydrogen) atoms. The fourth-order valence-corrected chi connectivity index (χ4v) is 4.57. The molecule has 0 aliphatic heterocycles. The van der Waals surface area contributed by atoms with E-state index in [4.69, 9.17) is 14.5 Å². The van der Waals surface area contributed by atoms with E-state index in [-0.39, 0.29) is 17.4 Å². The van der Waals surface area contributed by atoms with Crippen molar-refractivity contribution < 1.29 is 24.2 Å². The van der Waals surface area contributed by atoms with Crippen molar-refractivity contribution in [1.82, 2.24) is 9.55 Å². The maximum absolute atomic E-state index is 12.9. The van der Waals surface area contributed by atoms with Crippen molar-refractivity contribution >= 4 is 17.5 Å². The molecule has 2 aromatic carbocycles. The molecule has 176 valence electrons. The van der Waals surface area contributed by atoms with Crippen LogP contribution in [0.25, 0.3) is 28.1 Å². The minimum absolute atomic E-state index is 0.0361. The number of aliphatic hydroxyl groups excluding tert-OH is 1. The maximum Gasteiger partial charge on any atom is 0.374 e. The molecule has 7 heteroatoms. The van der Waals surface area contributed by atoms with E-state index in [9.17, 15) is 14.7 Å². The largest absolute Gasteiger partial charge is 0.501 e. The van der Waals surface area contributed by atoms with Crippen LogP contribution in [-0.2, 0) is 19.1 Å². The van der Waals surface area contributed by atoms with Crippen LogP contribution in [0.3, 0.4) is 0 Å². The molecule has 1 saturated carbocycles. The molecule has 1 aromatic heterocycles. The van der Waals surface area contributed by atoms with Gasteiger partial charge in [0.2, 0.25) is 5.76 Å². The SMILES string of the molecule is COC(=O)/C(O)=C(\C(=O)OC)c1nc(-c2ccccc2)c(-c2ccccc2)n1C1CCCCC1. The van der Waals surface area contributed by atoms with Crippen LogP contribution >= 0.6 is 0 Å². The second-order valence-corrected chi connectivity index (χ2v) is 8.23. The Hall–Kier alpha value is -3.87. The van der Waals surface area contributed by atoms with Crippen LogP contribution in [0.1, 0.15) is 44.0 Å². The third kappa shape index (κ3) is 4.46. The number of aliphatic hydroxyl groups is 1. The molecule has 7 nitrogen and oxygen atoms in total. The second kappa shape index (κ2) is 10.4. The van der Waals surface area contributed by atoms with Crippen molar-refractivity contribution in [3.05, 3.63) is 72.2 Å². The first-order valence-electron chi connectivity index (χ1n) is 11.4. The minimum atomic E-state index is -1.03. The van der Waals surface area contributed by atoms with Gasteiger partial charge in [-0.25, -0.2) is 14.6 Å². The maximum atomic E-state index is 12.9. The first-order chi connectivity index (χ1) is 16.6. The summed E-state index contributed by atoms with van der Waals surface area (Å²) in [6.07, 6.45) is 5.00. The predicted molar refractivity (Wildman–Crippen MR) is 129 cm³/mol. The number of ether oxygens (including phenoxy) is 2. The monoisotopic (exact) mass is 460 g/mol. The van der Waals surface area contributed by atoms with Gasteiger partial charge in [0, 0.05) is 17.2 Å². The molecule has 0 unspecified atom stereocenters. The van der Waals surface area contributed by atoms with E-state index in [1.54, 1.807) is 0 Å². The highest BCUT2D eigenvalue weighted by atomic mass is 16.5. The summed E-state index contributed by atoms with van der Waals surface area (Å²) in [4.78, 5) is 30.1. The quantitative estimate of drug-likeness (QED) is 0.303. The van der Waals surface area contributed by atoms with Gasteiger partial charge in [-0.15, -0.1) is 0 Å². The fraction of sp³-hybridized carbons (Fsp3) is 0.296. The second-order valence-electron chi connectivity index (χ2n) is 8.23. The molecule has 3 aromatic rings. The standard InChI is InChI=1S/C27H28N2O5/c1-33-26(31)21(24(30)27(32)34-2)25-28-22(18-12-6-3-7-13-18)23(19-14-8-4-9-15-19)29(25)20-16-10-5-11-17-20/h3-4,6-9,12-15,20,30H,5,10-11,16-17H2,1-2H3/b24-21+. The van der Waals surface area contributed by atoms with Gasteiger partial charge in [0.25, 0.3) is 0 Å². The lowest BCUT2D eigenvalue weighted by Gasteiger charge is -2.27. The number of carbonyl (C=O) groups excluding carboxylic acids is 2. The van der Waals surface area contributed by atoms with Crippen LogP contribution in [0, 0.1) is 0 Å². The molecule has 1 N–H and O–H groups in total. The topological polar surface area (TPSA) is 90.7 Å². The van der Waals surface area contributed by atoms with Gasteiger partial charge >= 0.3 is 11.9 Å². The molecule has 0 radical (unpaired) electrons. The van der Waals surface area contributed by atoms with Gasteiger partial charge in [-0.2, -0.15) is 0 Å². The van der Waals surface area contributed by atoms with Crippen molar-refractivity contribution in [3.63, 3.8) is 0 Å². The van der Waals surface area contributed by atoms with Crippen molar-refractivity contribution in [2.45, 2.75) is 38.1 Å². The van der Waals surface area contributed by atoms with Gasteiger partial charge in [-0.3, -0.25) is 0 Å². The number of rotatable bonds is 6. The molecule has 1 aliphatic carbocycles. The molecule has 0 saturated heterocycles. The number of hydrogen-bond donors (Lipinski definition) is 1. The Labute approximate surface area is 198 Å². The summed E-state index contributed by atoms with van der Waals surface area (Å²) in [6, 6.07) is 19.5. The number of methoxy groups -OCH3 is 2. The molecule has 4 rings (SSSR count). The Balaban J connectivity index is 2.10. The summed E-state index contributed by atoms with van der Waals surface area (Å²) in [7, 11) is 2.35. The number of benzene rings is 2. The van der Waals surface area contributed by atoms with Gasteiger partial charge in [0.1, 0.15) is 0 Å². The zero-order valence-electron chi connectivity index (χ0n) is 19.4. The normalized spacial score (nSPS) is 14.9. The lowest BCUT2D eigenvalue weighted by atomic mass is 9.94. The highest BCUT2D eigenvalue weighted by Crippen LogP contribution is 2.41. The van der Waals surface area contributed by atoms with E-state index in [0.29, 0.717) is 5.69 Å². The van der Waals surface area contributed by atoms with Crippen LogP contribution in [0.2, 0.25) is 0 Å². The Morgan fingerprint density at radius 2 is 1.41 bits per heavy atom. The van der Waals surface area contributed by atoms with Crippen LogP contribution in [0.5, 0.6) is 0 Å². The molecule has 1 aliphatic rings. The number of esters is 2. The third-order valence-electron chi connectivity index (χ3n) is 6.17.